The third kappa shape index (κ3) is 3.56. The molecule has 3 aromatic rings. The normalized spacial score (nSPS) is 10.3. The van der Waals surface area contributed by atoms with Gasteiger partial charge in [0, 0.05) is 0 Å². The van der Waals surface area contributed by atoms with Gasteiger partial charge in [0.2, 0.25) is 0 Å². The lowest BCUT2D eigenvalue weighted by molar-refractivity contribution is 0.217. The summed E-state index contributed by atoms with van der Waals surface area (Å²) in [6, 6.07) is 17.2. The first-order chi connectivity index (χ1) is 10.4. The van der Waals surface area contributed by atoms with Gasteiger partial charge in [-0.2, -0.15) is 0 Å². The molecule has 0 saturated carbocycles. The van der Waals surface area contributed by atoms with Crippen molar-refractivity contribution in [2.45, 2.75) is 0 Å². The molecule has 0 bridgehead atoms. The van der Waals surface area contributed by atoms with Gasteiger partial charge < -0.3 is 9.47 Å². The summed E-state index contributed by atoms with van der Waals surface area (Å²) in [6.45, 7) is 0.984. The van der Waals surface area contributed by atoms with Gasteiger partial charge in [0.05, 0.1) is 5.69 Å². The first-order valence-corrected chi connectivity index (χ1v) is 6.56. The lowest BCUT2D eigenvalue weighted by Gasteiger charge is -2.08. The number of hydrogen-bond acceptors (Lipinski definition) is 5. The van der Waals surface area contributed by atoms with Gasteiger partial charge in [-0.1, -0.05) is 18.2 Å². The molecule has 0 N–H and O–H groups in total. The number of benzene rings is 2. The minimum absolute atomic E-state index is 0.485. The van der Waals surface area contributed by atoms with E-state index in [1.165, 1.54) is 0 Å². The molecule has 0 unspecified atom stereocenters. The Hall–Kier alpha value is -2.89. The molecule has 0 aliphatic carbocycles. The van der Waals surface area contributed by atoms with E-state index in [4.69, 9.17) is 9.47 Å². The van der Waals surface area contributed by atoms with Crippen molar-refractivity contribution in [2.24, 2.45) is 0 Å². The van der Waals surface area contributed by atoms with Gasteiger partial charge in [0.25, 0.3) is 0 Å². The summed E-state index contributed by atoms with van der Waals surface area (Å²) in [7, 11) is 0. The second kappa shape index (κ2) is 6.51. The maximum atomic E-state index is 5.61. The average Bonchev–Trinajstić information content (AvgIpc) is 3.08. The number of rotatable bonds is 6. The summed E-state index contributed by atoms with van der Waals surface area (Å²) in [4.78, 5) is 0. The lowest BCUT2D eigenvalue weighted by Crippen LogP contribution is -2.08. The highest BCUT2D eigenvalue weighted by molar-refractivity contribution is 5.36. The highest BCUT2D eigenvalue weighted by atomic mass is 16.5. The van der Waals surface area contributed by atoms with Crippen molar-refractivity contribution in [3.05, 3.63) is 60.9 Å². The van der Waals surface area contributed by atoms with Crippen LogP contribution in [0.15, 0.2) is 60.9 Å². The molecule has 21 heavy (non-hydrogen) atoms. The zero-order valence-electron chi connectivity index (χ0n) is 11.3. The van der Waals surface area contributed by atoms with Gasteiger partial charge in [-0.05, 0) is 46.8 Å². The summed E-state index contributed by atoms with van der Waals surface area (Å²) in [5.74, 6) is 1.62. The van der Waals surface area contributed by atoms with Crippen molar-refractivity contribution in [1.82, 2.24) is 20.2 Å². The van der Waals surface area contributed by atoms with Crippen molar-refractivity contribution in [1.29, 1.82) is 0 Å². The molecule has 0 fully saturated rings. The number of ether oxygens (including phenoxy) is 2. The fourth-order valence-electron chi connectivity index (χ4n) is 1.81. The first kappa shape index (κ1) is 13.1. The second-order valence-electron chi connectivity index (χ2n) is 4.26. The van der Waals surface area contributed by atoms with Crippen molar-refractivity contribution >= 4 is 0 Å². The summed E-state index contributed by atoms with van der Waals surface area (Å²) in [5, 5.41) is 11.0. The van der Waals surface area contributed by atoms with Crippen LogP contribution in [0.1, 0.15) is 0 Å². The smallest absolute Gasteiger partial charge is 0.143 e. The largest absolute Gasteiger partial charge is 0.490 e. The van der Waals surface area contributed by atoms with E-state index >= 15 is 0 Å². The molecule has 0 amide bonds. The van der Waals surface area contributed by atoms with Crippen molar-refractivity contribution in [3.8, 4) is 17.2 Å². The number of nitrogens with zero attached hydrogens (tertiary/aromatic N) is 4. The van der Waals surface area contributed by atoms with E-state index < -0.39 is 0 Å². The molecule has 1 heterocycles. The van der Waals surface area contributed by atoms with E-state index in [9.17, 15) is 0 Å². The van der Waals surface area contributed by atoms with Gasteiger partial charge in [-0.25, -0.2) is 4.68 Å². The Balaban J connectivity index is 1.47. The molecule has 0 aliphatic heterocycles. The zero-order chi connectivity index (χ0) is 14.3. The summed E-state index contributed by atoms with van der Waals surface area (Å²) in [6.07, 6.45) is 1.55. The number of hydrogen-bond donors (Lipinski definition) is 0. The topological polar surface area (TPSA) is 62.1 Å². The van der Waals surface area contributed by atoms with Crippen LogP contribution in [0.25, 0.3) is 5.69 Å². The van der Waals surface area contributed by atoms with Crippen LogP contribution < -0.4 is 9.47 Å². The fraction of sp³-hybridized carbons (Fsp3) is 0.133. The Kier molecular flexibility index (Phi) is 4.07. The van der Waals surface area contributed by atoms with Crippen LogP contribution in [0.4, 0.5) is 0 Å². The fourth-order valence-corrected chi connectivity index (χ4v) is 1.81. The zero-order valence-corrected chi connectivity index (χ0v) is 11.3. The third-order valence-electron chi connectivity index (χ3n) is 2.81. The molecule has 0 radical (unpaired) electrons. The molecule has 0 spiro atoms. The van der Waals surface area contributed by atoms with Gasteiger partial charge in [-0.3, -0.25) is 0 Å². The highest BCUT2D eigenvalue weighted by Gasteiger charge is 1.99. The first-order valence-electron chi connectivity index (χ1n) is 6.56. The Labute approximate surface area is 121 Å². The van der Waals surface area contributed by atoms with Gasteiger partial charge in [0.15, 0.2) is 0 Å². The molecule has 0 atom stereocenters. The average molecular weight is 282 g/mol. The Morgan fingerprint density at radius 1 is 0.810 bits per heavy atom. The van der Waals surface area contributed by atoms with Crippen LogP contribution in [0.3, 0.4) is 0 Å². The van der Waals surface area contributed by atoms with Crippen LogP contribution >= 0.6 is 0 Å². The van der Waals surface area contributed by atoms with Crippen LogP contribution in [-0.2, 0) is 0 Å². The number of para-hydroxylation sites is 1. The van der Waals surface area contributed by atoms with Crippen LogP contribution in [0, 0.1) is 0 Å². The van der Waals surface area contributed by atoms with Crippen LogP contribution in [0.5, 0.6) is 11.5 Å². The molecule has 6 nitrogen and oxygen atoms in total. The van der Waals surface area contributed by atoms with Gasteiger partial charge >= 0.3 is 0 Å². The van der Waals surface area contributed by atoms with Crippen molar-refractivity contribution in [3.63, 3.8) is 0 Å². The van der Waals surface area contributed by atoms with E-state index in [1.54, 1.807) is 11.0 Å². The lowest BCUT2D eigenvalue weighted by atomic mass is 10.3. The van der Waals surface area contributed by atoms with E-state index in [0.29, 0.717) is 13.2 Å². The molecule has 1 aromatic heterocycles. The van der Waals surface area contributed by atoms with Crippen molar-refractivity contribution < 1.29 is 9.47 Å². The molecule has 0 aliphatic rings. The molecule has 0 saturated heterocycles. The van der Waals surface area contributed by atoms with Crippen molar-refractivity contribution in [2.75, 3.05) is 13.2 Å². The summed E-state index contributed by atoms with van der Waals surface area (Å²) in [5.41, 5.74) is 0.882. The van der Waals surface area contributed by atoms with Crippen LogP contribution in [-0.4, -0.2) is 33.4 Å². The monoisotopic (exact) mass is 282 g/mol. The maximum absolute atomic E-state index is 5.61. The standard InChI is InChI=1S/C15H14N4O2/c1-2-4-14(5-3-1)20-10-11-21-15-8-6-13(7-9-15)19-12-16-17-18-19/h1-9,12H,10-11H2. The van der Waals surface area contributed by atoms with E-state index in [1.807, 2.05) is 54.6 Å². The van der Waals surface area contributed by atoms with Gasteiger partial charge in [-0.15, -0.1) is 5.10 Å². The molecule has 2 aromatic carbocycles. The summed E-state index contributed by atoms with van der Waals surface area (Å²) < 4.78 is 12.8. The molecule has 3 rings (SSSR count). The molecule has 106 valence electrons. The van der Waals surface area contributed by atoms with E-state index in [-0.39, 0.29) is 0 Å². The minimum Gasteiger partial charge on any atom is -0.490 e. The van der Waals surface area contributed by atoms with Gasteiger partial charge in [0.1, 0.15) is 31.0 Å². The number of tetrazole rings is 1. The van der Waals surface area contributed by atoms with Crippen LogP contribution in [0.2, 0.25) is 0 Å². The predicted octanol–water partition coefficient (Wildman–Crippen LogP) is 2.12. The molecular formula is C15H14N4O2. The van der Waals surface area contributed by atoms with E-state index in [2.05, 4.69) is 15.5 Å². The maximum Gasteiger partial charge on any atom is 0.143 e. The quantitative estimate of drug-likeness (QED) is 0.648. The third-order valence-corrected chi connectivity index (χ3v) is 2.81. The predicted molar refractivity (Wildman–Crippen MR) is 76.6 cm³/mol. The van der Waals surface area contributed by atoms with E-state index in [0.717, 1.165) is 17.2 Å². The Morgan fingerprint density at radius 3 is 2.10 bits per heavy atom. The Bertz CT molecular complexity index is 654. The second-order valence-corrected chi connectivity index (χ2v) is 4.26. The summed E-state index contributed by atoms with van der Waals surface area (Å²) >= 11 is 0. The number of aromatic nitrogens is 4. The minimum atomic E-state index is 0.485. The SMILES string of the molecule is c1ccc(OCCOc2ccc(-n3cnnn3)cc2)cc1. The Morgan fingerprint density at radius 2 is 1.48 bits per heavy atom. The molecular weight excluding hydrogens is 268 g/mol. The highest BCUT2D eigenvalue weighted by Crippen LogP contribution is 2.14. The molecule has 6 heteroatoms.